The molecule has 4 nitrogen and oxygen atoms in total. The van der Waals surface area contributed by atoms with Gasteiger partial charge in [0.15, 0.2) is 0 Å². The Bertz CT molecular complexity index is 668. The molecule has 0 aliphatic heterocycles. The van der Waals surface area contributed by atoms with E-state index in [-0.39, 0.29) is 5.91 Å². The Morgan fingerprint density at radius 1 is 1.27 bits per heavy atom. The number of amides is 1. The van der Waals surface area contributed by atoms with Crippen molar-refractivity contribution in [1.82, 2.24) is 9.38 Å². The second-order valence-corrected chi connectivity index (χ2v) is 6.59. The summed E-state index contributed by atoms with van der Waals surface area (Å²) in [5.41, 5.74) is 1.94. The van der Waals surface area contributed by atoms with Crippen LogP contribution in [-0.4, -0.2) is 21.3 Å². The number of anilines is 1. The highest BCUT2D eigenvalue weighted by Gasteiger charge is 2.30. The first-order chi connectivity index (χ1) is 10.6. The van der Waals surface area contributed by atoms with Gasteiger partial charge in [-0.1, -0.05) is 39.2 Å². The normalized spacial score (nSPS) is 16.4. The topological polar surface area (TPSA) is 37.6 Å². The molecule has 2 heterocycles. The van der Waals surface area contributed by atoms with Gasteiger partial charge in [0.25, 0.3) is 0 Å². The van der Waals surface area contributed by atoms with E-state index in [9.17, 15) is 4.79 Å². The molecule has 1 aliphatic rings. The summed E-state index contributed by atoms with van der Waals surface area (Å²) in [4.78, 5) is 19.2. The maximum Gasteiger partial charge on any atom is 0.225 e. The van der Waals surface area contributed by atoms with Crippen molar-refractivity contribution < 1.29 is 4.79 Å². The zero-order chi connectivity index (χ0) is 15.7. The standard InChI is InChI=1S/C18H25N3O/c1-13(2)17-18(20-12-8-7-11-16(20)19-17)21(14(3)22)15-9-5-4-6-10-15/h7-8,11-13,15H,4-6,9-10H2,1-3H3. The van der Waals surface area contributed by atoms with E-state index in [0.717, 1.165) is 30.0 Å². The number of hydrogen-bond donors (Lipinski definition) is 0. The van der Waals surface area contributed by atoms with Crippen molar-refractivity contribution in [2.24, 2.45) is 0 Å². The zero-order valence-corrected chi connectivity index (χ0v) is 13.7. The van der Waals surface area contributed by atoms with Crippen LogP contribution in [0.3, 0.4) is 0 Å². The Labute approximate surface area is 132 Å². The first-order valence-corrected chi connectivity index (χ1v) is 8.36. The highest BCUT2D eigenvalue weighted by atomic mass is 16.2. The molecule has 1 amide bonds. The summed E-state index contributed by atoms with van der Waals surface area (Å²) in [6, 6.07) is 6.31. The first kappa shape index (κ1) is 15.1. The number of hydrogen-bond acceptors (Lipinski definition) is 2. The number of aromatic nitrogens is 2. The number of imidazole rings is 1. The minimum Gasteiger partial charge on any atom is -0.293 e. The van der Waals surface area contributed by atoms with Crippen LogP contribution in [0.25, 0.3) is 5.65 Å². The van der Waals surface area contributed by atoms with Crippen molar-refractivity contribution in [3.63, 3.8) is 0 Å². The molecule has 0 N–H and O–H groups in total. The summed E-state index contributed by atoms with van der Waals surface area (Å²) in [7, 11) is 0. The van der Waals surface area contributed by atoms with Crippen molar-refractivity contribution >= 4 is 17.4 Å². The van der Waals surface area contributed by atoms with Crippen molar-refractivity contribution in [1.29, 1.82) is 0 Å². The molecule has 0 atom stereocenters. The molecule has 1 saturated carbocycles. The third-order valence-electron chi connectivity index (χ3n) is 4.58. The average molecular weight is 299 g/mol. The monoisotopic (exact) mass is 299 g/mol. The molecule has 2 aromatic rings. The highest BCUT2D eigenvalue weighted by molar-refractivity contribution is 5.92. The summed E-state index contributed by atoms with van der Waals surface area (Å²) >= 11 is 0. The van der Waals surface area contributed by atoms with Crippen LogP contribution < -0.4 is 4.90 Å². The summed E-state index contributed by atoms with van der Waals surface area (Å²) in [5.74, 6) is 1.39. The molecule has 2 aromatic heterocycles. The predicted molar refractivity (Wildman–Crippen MR) is 89.3 cm³/mol. The first-order valence-electron chi connectivity index (χ1n) is 8.36. The van der Waals surface area contributed by atoms with E-state index in [1.54, 1.807) is 6.92 Å². The molecule has 0 unspecified atom stereocenters. The van der Waals surface area contributed by atoms with Crippen LogP contribution in [0, 0.1) is 0 Å². The summed E-state index contributed by atoms with van der Waals surface area (Å²) < 4.78 is 2.07. The third-order valence-corrected chi connectivity index (χ3v) is 4.58. The Hall–Kier alpha value is -1.84. The molecule has 0 saturated heterocycles. The van der Waals surface area contributed by atoms with Crippen LogP contribution in [0.1, 0.15) is 64.5 Å². The highest BCUT2D eigenvalue weighted by Crippen LogP contribution is 2.33. The molecular formula is C18H25N3O. The van der Waals surface area contributed by atoms with E-state index in [4.69, 9.17) is 4.98 Å². The molecule has 0 aromatic carbocycles. The zero-order valence-electron chi connectivity index (χ0n) is 13.7. The minimum absolute atomic E-state index is 0.124. The van der Waals surface area contributed by atoms with Gasteiger partial charge in [0.05, 0.1) is 5.69 Å². The van der Waals surface area contributed by atoms with E-state index in [2.05, 4.69) is 18.2 Å². The third kappa shape index (κ3) is 2.62. The Balaban J connectivity index is 2.15. The van der Waals surface area contributed by atoms with Crippen LogP contribution >= 0.6 is 0 Å². The van der Waals surface area contributed by atoms with E-state index in [0.29, 0.717) is 12.0 Å². The van der Waals surface area contributed by atoms with Crippen molar-refractivity contribution in [3.8, 4) is 0 Å². The molecule has 0 radical (unpaired) electrons. The van der Waals surface area contributed by atoms with Gasteiger partial charge in [-0.2, -0.15) is 0 Å². The van der Waals surface area contributed by atoms with Gasteiger partial charge in [0, 0.05) is 19.2 Å². The molecule has 22 heavy (non-hydrogen) atoms. The maximum atomic E-state index is 12.4. The largest absolute Gasteiger partial charge is 0.293 e. The van der Waals surface area contributed by atoms with Gasteiger partial charge < -0.3 is 0 Å². The molecular weight excluding hydrogens is 274 g/mol. The molecule has 3 rings (SSSR count). The lowest BCUT2D eigenvalue weighted by Crippen LogP contribution is -2.41. The average Bonchev–Trinajstić information content (AvgIpc) is 2.88. The fourth-order valence-corrected chi connectivity index (χ4v) is 3.55. The summed E-state index contributed by atoms with van der Waals surface area (Å²) in [6.07, 6.45) is 7.91. The summed E-state index contributed by atoms with van der Waals surface area (Å²) in [6.45, 7) is 5.97. The van der Waals surface area contributed by atoms with Crippen molar-refractivity contribution in [3.05, 3.63) is 30.1 Å². The van der Waals surface area contributed by atoms with E-state index < -0.39 is 0 Å². The SMILES string of the molecule is CC(=O)N(c1c(C(C)C)nc2ccccn12)C1CCCCC1. The number of pyridine rings is 1. The molecule has 0 spiro atoms. The van der Waals surface area contributed by atoms with Gasteiger partial charge in [-0.15, -0.1) is 0 Å². The van der Waals surface area contributed by atoms with Crippen LogP contribution in [0.4, 0.5) is 5.82 Å². The molecule has 1 fully saturated rings. The van der Waals surface area contributed by atoms with Crippen LogP contribution in [-0.2, 0) is 4.79 Å². The van der Waals surface area contributed by atoms with E-state index in [1.165, 1.54) is 19.3 Å². The van der Waals surface area contributed by atoms with Gasteiger partial charge in [-0.3, -0.25) is 14.1 Å². The number of carbonyl (C=O) groups is 1. The maximum absolute atomic E-state index is 12.4. The smallest absolute Gasteiger partial charge is 0.225 e. The van der Waals surface area contributed by atoms with E-state index in [1.807, 2.05) is 29.3 Å². The predicted octanol–water partition coefficient (Wildman–Crippen LogP) is 4.14. The van der Waals surface area contributed by atoms with Crippen LogP contribution in [0.2, 0.25) is 0 Å². The molecule has 118 valence electrons. The van der Waals surface area contributed by atoms with Crippen LogP contribution in [0.5, 0.6) is 0 Å². The Morgan fingerprint density at radius 2 is 2.00 bits per heavy atom. The fraction of sp³-hybridized carbons (Fsp3) is 0.556. The lowest BCUT2D eigenvalue weighted by Gasteiger charge is -2.34. The second-order valence-electron chi connectivity index (χ2n) is 6.59. The molecule has 4 heteroatoms. The minimum atomic E-state index is 0.124. The van der Waals surface area contributed by atoms with Crippen LogP contribution in [0.15, 0.2) is 24.4 Å². The fourth-order valence-electron chi connectivity index (χ4n) is 3.55. The second kappa shape index (κ2) is 6.11. The van der Waals surface area contributed by atoms with Gasteiger partial charge in [0.2, 0.25) is 5.91 Å². The van der Waals surface area contributed by atoms with Gasteiger partial charge >= 0.3 is 0 Å². The van der Waals surface area contributed by atoms with Gasteiger partial charge in [-0.05, 0) is 30.9 Å². The number of carbonyl (C=O) groups excluding carboxylic acids is 1. The quantitative estimate of drug-likeness (QED) is 0.854. The molecule has 0 bridgehead atoms. The number of rotatable bonds is 3. The lowest BCUT2D eigenvalue weighted by atomic mass is 9.93. The summed E-state index contributed by atoms with van der Waals surface area (Å²) in [5, 5.41) is 0. The van der Waals surface area contributed by atoms with Crippen molar-refractivity contribution in [2.75, 3.05) is 4.90 Å². The van der Waals surface area contributed by atoms with Gasteiger partial charge in [-0.25, -0.2) is 4.98 Å². The lowest BCUT2D eigenvalue weighted by molar-refractivity contribution is -0.117. The molecule has 1 aliphatic carbocycles. The van der Waals surface area contributed by atoms with Gasteiger partial charge in [0.1, 0.15) is 11.5 Å². The van der Waals surface area contributed by atoms with E-state index >= 15 is 0 Å². The Morgan fingerprint density at radius 3 is 2.64 bits per heavy atom. The number of fused-ring (bicyclic) bond motifs is 1. The number of nitrogens with zero attached hydrogens (tertiary/aromatic N) is 3. The Kier molecular flexibility index (Phi) is 4.19. The van der Waals surface area contributed by atoms with Crippen molar-refractivity contribution in [2.45, 2.75) is 64.8 Å².